The normalized spacial score (nSPS) is 11.9. The van der Waals surface area contributed by atoms with Gasteiger partial charge in [0.05, 0.1) is 29.4 Å². The third kappa shape index (κ3) is 4.56. The maximum Gasteiger partial charge on any atom is 0.446 e. The first-order valence-electron chi connectivity index (χ1n) is 5.57. The summed E-state index contributed by atoms with van der Waals surface area (Å²) in [6.07, 6.45) is -5.16. The van der Waals surface area contributed by atoms with E-state index in [1.54, 1.807) is 0 Å². The van der Waals surface area contributed by atoms with Gasteiger partial charge in [0.25, 0.3) is 0 Å². The molecule has 0 saturated carbocycles. The molecule has 0 spiro atoms. The van der Waals surface area contributed by atoms with E-state index in [1.807, 2.05) is 0 Å². The molecule has 0 aromatic heterocycles. The van der Waals surface area contributed by atoms with Gasteiger partial charge >= 0.3 is 17.7 Å². The van der Waals surface area contributed by atoms with Crippen LogP contribution in [-0.4, -0.2) is 18.1 Å². The van der Waals surface area contributed by atoms with E-state index in [0.29, 0.717) is 6.07 Å². The van der Waals surface area contributed by atoms with Crippen LogP contribution < -0.4 is 0 Å². The van der Waals surface area contributed by atoms with Crippen molar-refractivity contribution < 1.29 is 35.9 Å². The molecule has 0 bridgehead atoms. The second-order valence-corrected chi connectivity index (χ2v) is 4.85. The molecule has 0 aliphatic rings. The molecule has 22 heavy (non-hydrogen) atoms. The second kappa shape index (κ2) is 6.48. The zero-order valence-corrected chi connectivity index (χ0v) is 11.6. The lowest BCUT2D eigenvalue weighted by atomic mass is 10.1. The number of carbonyl (C=O) groups excluding carboxylic acids is 1. The Balaban J connectivity index is 3.64. The number of alkyl halides is 6. The summed E-state index contributed by atoms with van der Waals surface area (Å²) in [5, 5.41) is 8.69. The van der Waals surface area contributed by atoms with Crippen LogP contribution in [-0.2, 0) is 10.9 Å². The third-order valence-electron chi connectivity index (χ3n) is 2.24. The Morgan fingerprint density at radius 1 is 1.27 bits per heavy atom. The van der Waals surface area contributed by atoms with E-state index >= 15 is 0 Å². The first-order chi connectivity index (χ1) is 9.99. The molecule has 0 unspecified atom stereocenters. The molecule has 10 heteroatoms. The van der Waals surface area contributed by atoms with Gasteiger partial charge in [-0.1, -0.05) is 0 Å². The molecule has 0 fully saturated rings. The molecule has 1 aromatic carbocycles. The average Bonchev–Trinajstić information content (AvgIpc) is 2.35. The van der Waals surface area contributed by atoms with E-state index in [0.717, 1.165) is 0 Å². The number of hydrogen-bond donors (Lipinski definition) is 0. The molecular weight excluding hydrogens is 336 g/mol. The quantitative estimate of drug-likeness (QED) is 0.465. The van der Waals surface area contributed by atoms with Gasteiger partial charge < -0.3 is 4.74 Å². The van der Waals surface area contributed by atoms with Crippen molar-refractivity contribution in [2.75, 3.05) is 6.61 Å². The highest BCUT2D eigenvalue weighted by atomic mass is 32.2. The van der Waals surface area contributed by atoms with Gasteiger partial charge in [-0.3, -0.25) is 0 Å². The van der Waals surface area contributed by atoms with Crippen LogP contribution in [0.3, 0.4) is 0 Å². The van der Waals surface area contributed by atoms with Gasteiger partial charge in [-0.2, -0.15) is 31.6 Å². The number of nitrogens with zero attached hydrogens (tertiary/aromatic N) is 1. The lowest BCUT2D eigenvalue weighted by Crippen LogP contribution is -2.16. The van der Waals surface area contributed by atoms with Gasteiger partial charge in [0, 0.05) is 4.90 Å². The Hall–Kier alpha value is -1.89. The number of nitriles is 1. The average molecular weight is 343 g/mol. The molecule has 0 aliphatic heterocycles. The summed E-state index contributed by atoms with van der Waals surface area (Å²) in [6.45, 7) is 1.10. The molecule has 1 rings (SSSR count). The minimum Gasteiger partial charge on any atom is -0.462 e. The lowest BCUT2D eigenvalue weighted by molar-refractivity contribution is -0.139. The summed E-state index contributed by atoms with van der Waals surface area (Å²) >= 11 is -1.08. The molecule has 0 N–H and O–H groups in total. The predicted molar refractivity (Wildman–Crippen MR) is 64.0 cm³/mol. The van der Waals surface area contributed by atoms with Crippen LogP contribution in [0, 0.1) is 11.3 Å². The van der Waals surface area contributed by atoms with E-state index in [-0.39, 0.29) is 12.7 Å². The zero-order valence-electron chi connectivity index (χ0n) is 10.8. The second-order valence-electron chi connectivity index (χ2n) is 3.78. The van der Waals surface area contributed by atoms with Gasteiger partial charge in [-0.05, 0) is 30.8 Å². The van der Waals surface area contributed by atoms with E-state index in [2.05, 4.69) is 4.74 Å². The highest BCUT2D eigenvalue weighted by Crippen LogP contribution is 2.45. The largest absolute Gasteiger partial charge is 0.462 e. The van der Waals surface area contributed by atoms with Crippen molar-refractivity contribution in [3.8, 4) is 6.07 Å². The number of rotatable bonds is 3. The molecule has 0 radical (unpaired) electrons. The molecule has 3 nitrogen and oxygen atoms in total. The van der Waals surface area contributed by atoms with Gasteiger partial charge in [-0.15, -0.1) is 0 Å². The van der Waals surface area contributed by atoms with E-state index in [1.165, 1.54) is 13.0 Å². The van der Waals surface area contributed by atoms with E-state index < -0.39 is 51.0 Å². The minimum atomic E-state index is -5.16. The van der Waals surface area contributed by atoms with Crippen LogP contribution in [0.15, 0.2) is 17.0 Å². The van der Waals surface area contributed by atoms with E-state index in [9.17, 15) is 31.1 Å². The Kier molecular flexibility index (Phi) is 5.35. The topological polar surface area (TPSA) is 50.1 Å². The number of esters is 1. The lowest BCUT2D eigenvalue weighted by Gasteiger charge is -2.17. The number of benzene rings is 1. The van der Waals surface area contributed by atoms with Crippen LogP contribution in [0.25, 0.3) is 0 Å². The fourth-order valence-electron chi connectivity index (χ4n) is 1.49. The van der Waals surface area contributed by atoms with Crippen molar-refractivity contribution in [3.05, 3.63) is 28.8 Å². The van der Waals surface area contributed by atoms with Gasteiger partial charge in [0.1, 0.15) is 0 Å². The standard InChI is InChI=1S/C12H7F6NO2S/c1-2-21-10(20)7-3-6(5-19)4-8(11(13,14)15)9(7)22-12(16,17)18/h3-4H,2H2,1H3. The number of ether oxygens (including phenoxy) is 1. The smallest absolute Gasteiger partial charge is 0.446 e. The number of carbonyl (C=O) groups is 1. The molecule has 120 valence electrons. The Morgan fingerprint density at radius 3 is 2.27 bits per heavy atom. The third-order valence-corrected chi connectivity index (χ3v) is 3.11. The maximum atomic E-state index is 12.9. The SMILES string of the molecule is CCOC(=O)c1cc(C#N)cc(C(F)(F)F)c1SC(F)(F)F. The van der Waals surface area contributed by atoms with Crippen LogP contribution >= 0.6 is 11.8 Å². The number of thioether (sulfide) groups is 1. The zero-order chi connectivity index (χ0) is 17.1. The summed E-state index contributed by atoms with van der Waals surface area (Å²) in [5.74, 6) is -1.36. The van der Waals surface area contributed by atoms with Crippen LogP contribution in [0.4, 0.5) is 26.3 Å². The van der Waals surface area contributed by atoms with Crippen LogP contribution in [0.2, 0.25) is 0 Å². The fourth-order valence-corrected chi connectivity index (χ4v) is 2.26. The molecule has 0 atom stereocenters. The highest BCUT2D eigenvalue weighted by molar-refractivity contribution is 8.00. The summed E-state index contributed by atoms with van der Waals surface area (Å²) in [6, 6.07) is 2.27. The molecule has 0 aliphatic carbocycles. The van der Waals surface area contributed by atoms with Crippen molar-refractivity contribution in [1.82, 2.24) is 0 Å². The molecule has 0 heterocycles. The summed E-state index contributed by atoms with van der Waals surface area (Å²) in [4.78, 5) is 10.3. The van der Waals surface area contributed by atoms with Crippen molar-refractivity contribution in [2.24, 2.45) is 0 Å². The van der Waals surface area contributed by atoms with Gasteiger partial charge in [0.15, 0.2) is 0 Å². The first-order valence-corrected chi connectivity index (χ1v) is 6.39. The number of hydrogen-bond acceptors (Lipinski definition) is 4. The van der Waals surface area contributed by atoms with Crippen molar-refractivity contribution >= 4 is 17.7 Å². The van der Waals surface area contributed by atoms with Gasteiger partial charge in [-0.25, -0.2) is 4.79 Å². The summed E-state index contributed by atoms with van der Waals surface area (Å²) < 4.78 is 80.7. The van der Waals surface area contributed by atoms with Gasteiger partial charge in [0.2, 0.25) is 0 Å². The predicted octanol–water partition coefficient (Wildman–Crippen LogP) is 4.37. The van der Waals surface area contributed by atoms with Crippen molar-refractivity contribution in [1.29, 1.82) is 5.26 Å². The Labute approximate surface area is 124 Å². The monoisotopic (exact) mass is 343 g/mol. The van der Waals surface area contributed by atoms with E-state index in [4.69, 9.17) is 5.26 Å². The van der Waals surface area contributed by atoms with Crippen LogP contribution in [0.1, 0.15) is 28.4 Å². The Morgan fingerprint density at radius 2 is 1.86 bits per heavy atom. The number of halogens is 6. The van der Waals surface area contributed by atoms with Crippen molar-refractivity contribution in [3.63, 3.8) is 0 Å². The first kappa shape index (κ1) is 18.2. The fraction of sp³-hybridized carbons (Fsp3) is 0.333. The molecule has 1 aromatic rings. The van der Waals surface area contributed by atoms with Crippen LogP contribution in [0.5, 0.6) is 0 Å². The summed E-state index contributed by atoms with van der Waals surface area (Å²) in [7, 11) is 0. The van der Waals surface area contributed by atoms with Crippen molar-refractivity contribution in [2.45, 2.75) is 23.5 Å². The molecule has 0 amide bonds. The summed E-state index contributed by atoms with van der Waals surface area (Å²) in [5.41, 5.74) is -8.30. The maximum absolute atomic E-state index is 12.9. The molecular formula is C12H7F6NO2S. The Bertz CT molecular complexity index is 618. The minimum absolute atomic E-state index is 0.243. The highest BCUT2D eigenvalue weighted by Gasteiger charge is 2.41. The molecule has 0 saturated heterocycles.